The van der Waals surface area contributed by atoms with Crippen molar-refractivity contribution in [2.75, 3.05) is 26.2 Å². The van der Waals surface area contributed by atoms with Gasteiger partial charge in [0.15, 0.2) is 0 Å². The average molecular weight is 218 g/mol. The summed E-state index contributed by atoms with van der Waals surface area (Å²) in [6.45, 7) is 5.40. The number of nitrogens with zero attached hydrogens (tertiary/aromatic N) is 2. The fraction of sp³-hybridized carbons (Fsp3) is 0.750. The van der Waals surface area contributed by atoms with E-state index in [0.29, 0.717) is 37.7 Å². The first kappa shape index (κ1) is 13.8. The van der Waals surface area contributed by atoms with Crippen LogP contribution in [0, 0.1) is 0 Å². The molecule has 0 saturated carbocycles. The van der Waals surface area contributed by atoms with Crippen LogP contribution in [0.3, 0.4) is 0 Å². The summed E-state index contributed by atoms with van der Waals surface area (Å²) in [6, 6.07) is 0. The zero-order valence-corrected chi connectivity index (χ0v) is 9.03. The Hall–Kier alpha value is -1.18. The Labute approximate surface area is 88.7 Å². The van der Waals surface area contributed by atoms with Crippen molar-refractivity contribution in [2.24, 2.45) is 10.3 Å². The number of hydroxylamine groups is 1. The molecule has 0 aliphatic heterocycles. The van der Waals surface area contributed by atoms with Crippen molar-refractivity contribution in [3.8, 4) is 0 Å². The summed E-state index contributed by atoms with van der Waals surface area (Å²) >= 11 is 0. The van der Waals surface area contributed by atoms with Crippen LogP contribution >= 0.6 is 0 Å². The largest absolute Gasteiger partial charge is 0.411 e. The number of rotatable bonds is 8. The highest BCUT2D eigenvalue weighted by Gasteiger charge is 1.93. The molecule has 0 unspecified atom stereocenters. The molecule has 88 valence electrons. The molecule has 0 atom stereocenters. The fourth-order valence-electron chi connectivity index (χ4n) is 0.691. The molecule has 7 heteroatoms. The normalized spacial score (nSPS) is 13.2. The topological polar surface area (TPSA) is 98.5 Å². The van der Waals surface area contributed by atoms with Crippen molar-refractivity contribution < 1.29 is 15.3 Å². The molecular formula is C8H18N4O3. The maximum absolute atomic E-state index is 8.33. The van der Waals surface area contributed by atoms with Crippen LogP contribution in [0.25, 0.3) is 0 Å². The van der Waals surface area contributed by atoms with Crippen LogP contribution in [0.15, 0.2) is 10.3 Å². The molecule has 0 aliphatic carbocycles. The highest BCUT2D eigenvalue weighted by atomic mass is 16.6. The van der Waals surface area contributed by atoms with Gasteiger partial charge < -0.3 is 20.6 Å². The van der Waals surface area contributed by atoms with Crippen molar-refractivity contribution in [2.45, 2.75) is 13.8 Å². The van der Waals surface area contributed by atoms with Gasteiger partial charge in [-0.15, -0.1) is 0 Å². The quantitative estimate of drug-likeness (QED) is 0.196. The predicted molar refractivity (Wildman–Crippen MR) is 56.6 cm³/mol. The SMILES string of the molecule is CC(CNCCONCC(C)=NO)=NO. The molecule has 0 aromatic rings. The van der Waals surface area contributed by atoms with E-state index in [9.17, 15) is 0 Å². The summed E-state index contributed by atoms with van der Waals surface area (Å²) in [5.41, 5.74) is 3.79. The Morgan fingerprint density at radius 3 is 2.33 bits per heavy atom. The Morgan fingerprint density at radius 1 is 1.13 bits per heavy atom. The smallest absolute Gasteiger partial charge is 0.0807 e. The van der Waals surface area contributed by atoms with Crippen LogP contribution in [0.2, 0.25) is 0 Å². The fourth-order valence-corrected chi connectivity index (χ4v) is 0.691. The minimum atomic E-state index is 0.383. The van der Waals surface area contributed by atoms with E-state index in [1.54, 1.807) is 13.8 Å². The van der Waals surface area contributed by atoms with Gasteiger partial charge in [-0.2, -0.15) is 5.48 Å². The van der Waals surface area contributed by atoms with Crippen LogP contribution < -0.4 is 10.8 Å². The summed E-state index contributed by atoms with van der Waals surface area (Å²) in [7, 11) is 0. The number of nitrogens with one attached hydrogen (secondary N) is 2. The standard InChI is InChI=1S/C8H18N4O3/c1-7(11-13)5-9-3-4-15-10-6-8(2)12-14/h9-10,13-14H,3-6H2,1-2H3. The highest BCUT2D eigenvalue weighted by molar-refractivity contribution is 5.83. The van der Waals surface area contributed by atoms with Crippen LogP contribution in [0.1, 0.15) is 13.8 Å². The molecule has 0 rings (SSSR count). The van der Waals surface area contributed by atoms with Gasteiger partial charge in [0.1, 0.15) is 0 Å². The second-order valence-electron chi connectivity index (χ2n) is 3.02. The van der Waals surface area contributed by atoms with Gasteiger partial charge in [0.25, 0.3) is 0 Å². The maximum atomic E-state index is 8.33. The second kappa shape index (κ2) is 9.38. The van der Waals surface area contributed by atoms with Crippen LogP contribution in [-0.4, -0.2) is 48.1 Å². The maximum Gasteiger partial charge on any atom is 0.0807 e. The summed E-state index contributed by atoms with van der Waals surface area (Å²) < 4.78 is 0. The van der Waals surface area contributed by atoms with Crippen molar-refractivity contribution >= 4 is 11.4 Å². The molecule has 0 saturated heterocycles. The van der Waals surface area contributed by atoms with E-state index >= 15 is 0 Å². The van der Waals surface area contributed by atoms with E-state index in [2.05, 4.69) is 21.1 Å². The number of hydrogen-bond donors (Lipinski definition) is 4. The lowest BCUT2D eigenvalue weighted by molar-refractivity contribution is 0.0531. The summed E-state index contributed by atoms with van der Waals surface area (Å²) in [6.07, 6.45) is 0. The lowest BCUT2D eigenvalue weighted by Crippen LogP contribution is -2.29. The molecule has 0 fully saturated rings. The predicted octanol–water partition coefficient (Wildman–Crippen LogP) is -0.203. The minimum absolute atomic E-state index is 0.383. The van der Waals surface area contributed by atoms with E-state index in [-0.39, 0.29) is 0 Å². The summed E-state index contributed by atoms with van der Waals surface area (Å²) in [4.78, 5) is 5.01. The third-order valence-electron chi connectivity index (χ3n) is 1.53. The third-order valence-corrected chi connectivity index (χ3v) is 1.53. The zero-order valence-electron chi connectivity index (χ0n) is 9.03. The molecule has 0 aliphatic rings. The summed E-state index contributed by atoms with van der Waals surface area (Å²) in [5, 5.41) is 25.6. The summed E-state index contributed by atoms with van der Waals surface area (Å²) in [5.74, 6) is 0. The van der Waals surface area contributed by atoms with Gasteiger partial charge in [0.05, 0.1) is 24.6 Å². The van der Waals surface area contributed by atoms with Crippen molar-refractivity contribution in [1.29, 1.82) is 0 Å². The first-order valence-corrected chi connectivity index (χ1v) is 4.61. The van der Waals surface area contributed by atoms with Gasteiger partial charge in [0.2, 0.25) is 0 Å². The minimum Gasteiger partial charge on any atom is -0.411 e. The van der Waals surface area contributed by atoms with Gasteiger partial charge in [0, 0.05) is 13.1 Å². The lowest BCUT2D eigenvalue weighted by atomic mass is 10.4. The molecular weight excluding hydrogens is 200 g/mol. The first-order valence-electron chi connectivity index (χ1n) is 4.61. The van der Waals surface area contributed by atoms with Gasteiger partial charge in [-0.3, -0.25) is 0 Å². The molecule has 0 heterocycles. The third kappa shape index (κ3) is 9.13. The van der Waals surface area contributed by atoms with Crippen LogP contribution in [0.4, 0.5) is 0 Å². The average Bonchev–Trinajstić information content (AvgIpc) is 2.26. The molecule has 4 N–H and O–H groups in total. The Bertz CT molecular complexity index is 196. The molecule has 15 heavy (non-hydrogen) atoms. The van der Waals surface area contributed by atoms with E-state index < -0.39 is 0 Å². The van der Waals surface area contributed by atoms with Gasteiger partial charge in [-0.1, -0.05) is 10.3 Å². The lowest BCUT2D eigenvalue weighted by Gasteiger charge is -2.05. The van der Waals surface area contributed by atoms with Crippen LogP contribution in [0.5, 0.6) is 0 Å². The van der Waals surface area contributed by atoms with Crippen molar-refractivity contribution in [1.82, 2.24) is 10.8 Å². The van der Waals surface area contributed by atoms with Crippen molar-refractivity contribution in [3.63, 3.8) is 0 Å². The van der Waals surface area contributed by atoms with Gasteiger partial charge in [-0.05, 0) is 13.8 Å². The molecule has 0 bridgehead atoms. The number of hydrogen-bond acceptors (Lipinski definition) is 7. The van der Waals surface area contributed by atoms with E-state index in [1.807, 2.05) is 0 Å². The number of oxime groups is 2. The first-order chi connectivity index (χ1) is 7.20. The van der Waals surface area contributed by atoms with E-state index in [1.165, 1.54) is 0 Å². The second-order valence-corrected chi connectivity index (χ2v) is 3.02. The zero-order chi connectivity index (χ0) is 11.5. The molecule has 0 radical (unpaired) electrons. The van der Waals surface area contributed by atoms with Crippen LogP contribution in [-0.2, 0) is 4.84 Å². The van der Waals surface area contributed by atoms with Crippen molar-refractivity contribution in [3.05, 3.63) is 0 Å². The Morgan fingerprint density at radius 2 is 1.73 bits per heavy atom. The van der Waals surface area contributed by atoms with E-state index in [0.717, 1.165) is 0 Å². The van der Waals surface area contributed by atoms with E-state index in [4.69, 9.17) is 15.3 Å². The Balaban J connectivity index is 3.19. The molecule has 0 aromatic carbocycles. The molecule has 7 nitrogen and oxygen atoms in total. The molecule has 0 spiro atoms. The molecule has 0 aromatic heterocycles. The van der Waals surface area contributed by atoms with Gasteiger partial charge in [-0.25, -0.2) is 0 Å². The molecule has 0 amide bonds. The highest BCUT2D eigenvalue weighted by Crippen LogP contribution is 1.74. The van der Waals surface area contributed by atoms with Gasteiger partial charge >= 0.3 is 0 Å². The Kier molecular flexibility index (Phi) is 8.64. The monoisotopic (exact) mass is 218 g/mol.